The number of benzene rings is 1. The lowest BCUT2D eigenvalue weighted by atomic mass is 10.2. The van der Waals surface area contributed by atoms with Gasteiger partial charge in [0, 0.05) is 10.2 Å². The molecule has 0 aliphatic rings. The van der Waals surface area contributed by atoms with Gasteiger partial charge in [0.25, 0.3) is 5.91 Å². The summed E-state index contributed by atoms with van der Waals surface area (Å²) in [7, 11) is 0. The van der Waals surface area contributed by atoms with Gasteiger partial charge in [-0.15, -0.1) is 0 Å². The highest BCUT2D eigenvalue weighted by Gasteiger charge is 2.09. The van der Waals surface area contributed by atoms with E-state index in [1.165, 1.54) is 6.07 Å². The van der Waals surface area contributed by atoms with Crippen molar-refractivity contribution < 1.29 is 14.4 Å². The van der Waals surface area contributed by atoms with E-state index in [9.17, 15) is 9.59 Å². The molecule has 1 aromatic rings. The lowest BCUT2D eigenvalue weighted by molar-refractivity contribution is -0.124. The first kappa shape index (κ1) is 12.5. The van der Waals surface area contributed by atoms with E-state index in [1.54, 1.807) is 12.1 Å². The summed E-state index contributed by atoms with van der Waals surface area (Å²) in [5.41, 5.74) is 13.0. The Kier molecular flexibility index (Phi) is 4.27. The summed E-state index contributed by atoms with van der Waals surface area (Å²) in [4.78, 5) is 26.4. The molecule has 0 aromatic heterocycles. The van der Waals surface area contributed by atoms with Crippen molar-refractivity contribution in [3.05, 3.63) is 28.2 Å². The zero-order valence-electron chi connectivity index (χ0n) is 8.20. The fraction of sp³-hybridized carbons (Fsp3) is 0.111. The van der Waals surface area contributed by atoms with Crippen LogP contribution in [0.15, 0.2) is 22.7 Å². The molecule has 16 heavy (non-hydrogen) atoms. The molecule has 0 heterocycles. The second-order valence-electron chi connectivity index (χ2n) is 2.92. The molecule has 6 nitrogen and oxygen atoms in total. The zero-order valence-corrected chi connectivity index (χ0v) is 9.78. The topological polar surface area (TPSA) is 107 Å². The number of carbonyl (C=O) groups is 2. The van der Waals surface area contributed by atoms with Gasteiger partial charge in [0.2, 0.25) is 5.91 Å². The van der Waals surface area contributed by atoms with Gasteiger partial charge in [0.05, 0.1) is 5.56 Å². The number of anilines is 1. The van der Waals surface area contributed by atoms with Crippen LogP contribution in [0.5, 0.6) is 0 Å². The van der Waals surface area contributed by atoms with Crippen LogP contribution in [0.4, 0.5) is 5.69 Å². The molecule has 5 N–H and O–H groups in total. The standard InChI is InChI=1S/C9H10BrN3O3/c10-5-1-2-6(7(11)3-5)9(15)13-16-4-8(12)14/h1-3H,4,11H2,(H2,12,14)(H,13,15). The van der Waals surface area contributed by atoms with Gasteiger partial charge in [-0.05, 0) is 18.2 Å². The average Bonchev–Trinajstić information content (AvgIpc) is 2.16. The first-order valence-electron chi connectivity index (χ1n) is 4.26. The highest BCUT2D eigenvalue weighted by atomic mass is 79.9. The predicted molar refractivity (Wildman–Crippen MR) is 61.2 cm³/mol. The Morgan fingerprint density at radius 1 is 1.44 bits per heavy atom. The highest BCUT2D eigenvalue weighted by molar-refractivity contribution is 9.10. The van der Waals surface area contributed by atoms with Crippen molar-refractivity contribution in [2.45, 2.75) is 0 Å². The first-order chi connectivity index (χ1) is 7.50. The number of hydroxylamine groups is 1. The summed E-state index contributed by atoms with van der Waals surface area (Å²) in [5, 5.41) is 0. The average molecular weight is 288 g/mol. The number of hydrogen-bond acceptors (Lipinski definition) is 4. The molecule has 0 atom stereocenters. The van der Waals surface area contributed by atoms with Crippen LogP contribution in [0.1, 0.15) is 10.4 Å². The van der Waals surface area contributed by atoms with Gasteiger partial charge in [-0.2, -0.15) is 0 Å². The molecule has 0 aliphatic heterocycles. The number of nitrogens with two attached hydrogens (primary N) is 2. The Labute approximate surface area is 100 Å². The molecule has 0 saturated carbocycles. The summed E-state index contributed by atoms with van der Waals surface area (Å²) in [6.07, 6.45) is 0. The summed E-state index contributed by atoms with van der Waals surface area (Å²) in [5.74, 6) is -1.21. The smallest absolute Gasteiger partial charge is 0.276 e. The predicted octanol–water partition coefficient (Wildman–Crippen LogP) is 0.178. The van der Waals surface area contributed by atoms with E-state index in [4.69, 9.17) is 11.5 Å². The van der Waals surface area contributed by atoms with Crippen LogP contribution < -0.4 is 16.9 Å². The molecule has 1 rings (SSSR count). The van der Waals surface area contributed by atoms with E-state index in [0.717, 1.165) is 4.47 Å². The number of rotatable bonds is 4. The largest absolute Gasteiger partial charge is 0.398 e. The fourth-order valence-corrected chi connectivity index (χ4v) is 1.35. The molecule has 0 saturated heterocycles. The van der Waals surface area contributed by atoms with Crippen LogP contribution in [0, 0.1) is 0 Å². The maximum absolute atomic E-state index is 11.5. The molecule has 0 fully saturated rings. The molecule has 86 valence electrons. The fourth-order valence-electron chi connectivity index (χ4n) is 0.968. The second kappa shape index (κ2) is 5.47. The van der Waals surface area contributed by atoms with E-state index in [2.05, 4.69) is 26.2 Å². The van der Waals surface area contributed by atoms with Crippen molar-refractivity contribution in [3.8, 4) is 0 Å². The quantitative estimate of drug-likeness (QED) is 0.542. The van der Waals surface area contributed by atoms with E-state index < -0.39 is 11.8 Å². The lowest BCUT2D eigenvalue weighted by Gasteiger charge is -2.06. The monoisotopic (exact) mass is 287 g/mol. The van der Waals surface area contributed by atoms with Gasteiger partial charge < -0.3 is 11.5 Å². The van der Waals surface area contributed by atoms with Crippen LogP contribution in [0.3, 0.4) is 0 Å². The first-order valence-corrected chi connectivity index (χ1v) is 5.05. The maximum atomic E-state index is 11.5. The van der Waals surface area contributed by atoms with Gasteiger partial charge in [-0.25, -0.2) is 5.48 Å². The van der Waals surface area contributed by atoms with Gasteiger partial charge in [-0.3, -0.25) is 14.4 Å². The van der Waals surface area contributed by atoms with Crippen LogP contribution in [-0.4, -0.2) is 18.4 Å². The Bertz CT molecular complexity index is 422. The molecule has 2 amide bonds. The van der Waals surface area contributed by atoms with Gasteiger partial charge in [-0.1, -0.05) is 15.9 Å². The van der Waals surface area contributed by atoms with Crippen molar-refractivity contribution in [3.63, 3.8) is 0 Å². The van der Waals surface area contributed by atoms with Crippen LogP contribution in [0.25, 0.3) is 0 Å². The molecule has 1 aromatic carbocycles. The Morgan fingerprint density at radius 3 is 2.69 bits per heavy atom. The van der Waals surface area contributed by atoms with Gasteiger partial charge in [0.15, 0.2) is 6.61 Å². The number of nitrogen functional groups attached to an aromatic ring is 1. The molecule has 0 aliphatic carbocycles. The van der Waals surface area contributed by atoms with E-state index >= 15 is 0 Å². The Morgan fingerprint density at radius 2 is 2.12 bits per heavy atom. The van der Waals surface area contributed by atoms with Crippen molar-refractivity contribution in [2.24, 2.45) is 5.73 Å². The molecule has 0 bridgehead atoms. The molecule has 0 spiro atoms. The molecular formula is C9H10BrN3O3. The van der Waals surface area contributed by atoms with Crippen LogP contribution in [0.2, 0.25) is 0 Å². The number of nitrogens with one attached hydrogen (secondary N) is 1. The number of halogens is 1. The van der Waals surface area contributed by atoms with E-state index in [-0.39, 0.29) is 12.2 Å². The number of primary amides is 1. The van der Waals surface area contributed by atoms with Crippen molar-refractivity contribution in [1.29, 1.82) is 0 Å². The number of amides is 2. The van der Waals surface area contributed by atoms with Gasteiger partial charge in [0.1, 0.15) is 0 Å². The summed E-state index contributed by atoms with van der Waals surface area (Å²) >= 11 is 3.21. The van der Waals surface area contributed by atoms with Crippen LogP contribution in [-0.2, 0) is 9.63 Å². The molecule has 0 unspecified atom stereocenters. The third kappa shape index (κ3) is 3.52. The lowest BCUT2D eigenvalue weighted by Crippen LogP contribution is -2.29. The SMILES string of the molecule is NC(=O)CONC(=O)c1ccc(Br)cc1N. The minimum absolute atomic E-state index is 0.257. The number of hydrogen-bond donors (Lipinski definition) is 3. The molecule has 0 radical (unpaired) electrons. The molecule has 7 heteroatoms. The van der Waals surface area contributed by atoms with Crippen molar-refractivity contribution >= 4 is 33.4 Å². The van der Waals surface area contributed by atoms with E-state index in [1.807, 2.05) is 0 Å². The van der Waals surface area contributed by atoms with Crippen molar-refractivity contribution in [2.75, 3.05) is 12.3 Å². The zero-order chi connectivity index (χ0) is 12.1. The Hall–Kier alpha value is -1.60. The van der Waals surface area contributed by atoms with Crippen molar-refractivity contribution in [1.82, 2.24) is 5.48 Å². The summed E-state index contributed by atoms with van der Waals surface area (Å²) < 4.78 is 0.764. The minimum Gasteiger partial charge on any atom is -0.398 e. The van der Waals surface area contributed by atoms with Gasteiger partial charge >= 0.3 is 0 Å². The highest BCUT2D eigenvalue weighted by Crippen LogP contribution is 2.18. The second-order valence-corrected chi connectivity index (χ2v) is 3.83. The minimum atomic E-state index is -0.677. The third-order valence-electron chi connectivity index (χ3n) is 1.64. The number of carbonyl (C=O) groups excluding carboxylic acids is 2. The van der Waals surface area contributed by atoms with E-state index in [0.29, 0.717) is 5.69 Å². The van der Waals surface area contributed by atoms with Crippen LogP contribution >= 0.6 is 15.9 Å². The summed E-state index contributed by atoms with van der Waals surface area (Å²) in [6, 6.07) is 4.78. The normalized spacial score (nSPS) is 9.81. The third-order valence-corrected chi connectivity index (χ3v) is 2.13. The Balaban J connectivity index is 2.63. The maximum Gasteiger partial charge on any atom is 0.276 e. The molecular weight excluding hydrogens is 278 g/mol. The summed E-state index contributed by atoms with van der Waals surface area (Å²) in [6.45, 7) is -0.387.